The molecule has 1 amide bonds. The highest BCUT2D eigenvalue weighted by Gasteiger charge is 2.14. The van der Waals surface area contributed by atoms with E-state index in [2.05, 4.69) is 10.3 Å². The van der Waals surface area contributed by atoms with Crippen molar-refractivity contribution in [3.8, 4) is 5.75 Å². The molecule has 0 saturated carbocycles. The fourth-order valence-electron chi connectivity index (χ4n) is 2.83. The van der Waals surface area contributed by atoms with Gasteiger partial charge in [0.15, 0.2) is 0 Å². The molecule has 4 aromatic rings. The lowest BCUT2D eigenvalue weighted by atomic mass is 10.2. The molecule has 0 aliphatic carbocycles. The quantitative estimate of drug-likeness (QED) is 0.496. The van der Waals surface area contributed by atoms with Gasteiger partial charge < -0.3 is 10.1 Å². The van der Waals surface area contributed by atoms with Crippen LogP contribution in [-0.4, -0.2) is 18.0 Å². The molecule has 0 unspecified atom stereocenters. The van der Waals surface area contributed by atoms with Crippen molar-refractivity contribution >= 4 is 55.7 Å². The number of aryl methyl sites for hydroxylation is 1. The number of methoxy groups -OCH3 is 1. The maximum Gasteiger partial charge on any atom is 0.265 e. The molecule has 1 N–H and O–H groups in total. The number of amides is 1. The van der Waals surface area contributed by atoms with Crippen LogP contribution >= 0.6 is 22.9 Å². The van der Waals surface area contributed by atoms with Crippen molar-refractivity contribution in [1.29, 1.82) is 0 Å². The van der Waals surface area contributed by atoms with E-state index in [4.69, 9.17) is 16.3 Å². The number of benzene rings is 2. The molecule has 130 valence electrons. The van der Waals surface area contributed by atoms with E-state index in [-0.39, 0.29) is 5.91 Å². The summed E-state index contributed by atoms with van der Waals surface area (Å²) in [6.45, 7) is 1.99. The summed E-state index contributed by atoms with van der Waals surface area (Å²) < 4.78 is 5.25. The normalized spacial score (nSPS) is 11.0. The second kappa shape index (κ2) is 6.59. The van der Waals surface area contributed by atoms with E-state index in [0.717, 1.165) is 26.9 Å². The molecule has 0 saturated heterocycles. The minimum Gasteiger partial charge on any atom is -0.495 e. The van der Waals surface area contributed by atoms with E-state index in [1.165, 1.54) is 11.3 Å². The first-order valence-electron chi connectivity index (χ1n) is 8.00. The summed E-state index contributed by atoms with van der Waals surface area (Å²) in [5, 5.41) is 5.23. The number of halogens is 1. The van der Waals surface area contributed by atoms with Crippen LogP contribution in [-0.2, 0) is 0 Å². The molecule has 2 aromatic carbocycles. The van der Waals surface area contributed by atoms with E-state index in [9.17, 15) is 4.79 Å². The fraction of sp³-hybridized carbons (Fsp3) is 0.100. The largest absolute Gasteiger partial charge is 0.495 e. The number of carbonyl (C=O) groups is 1. The van der Waals surface area contributed by atoms with E-state index in [1.807, 2.05) is 55.5 Å². The molecule has 2 heterocycles. The Morgan fingerprint density at radius 1 is 1.15 bits per heavy atom. The lowest BCUT2D eigenvalue weighted by molar-refractivity contribution is 0.103. The van der Waals surface area contributed by atoms with Gasteiger partial charge in [-0.2, -0.15) is 0 Å². The van der Waals surface area contributed by atoms with Gasteiger partial charge in [0.2, 0.25) is 0 Å². The average Bonchev–Trinajstić information content (AvgIpc) is 3.04. The van der Waals surface area contributed by atoms with Gasteiger partial charge in [0.05, 0.1) is 17.5 Å². The van der Waals surface area contributed by atoms with Crippen molar-refractivity contribution in [2.24, 2.45) is 0 Å². The van der Waals surface area contributed by atoms with Crippen molar-refractivity contribution in [2.45, 2.75) is 6.92 Å². The third-order valence-electron chi connectivity index (χ3n) is 4.10. The van der Waals surface area contributed by atoms with Gasteiger partial charge in [-0.05, 0) is 48.9 Å². The zero-order valence-corrected chi connectivity index (χ0v) is 15.7. The van der Waals surface area contributed by atoms with E-state index in [0.29, 0.717) is 21.2 Å². The molecule has 0 spiro atoms. The van der Waals surface area contributed by atoms with Crippen molar-refractivity contribution in [3.63, 3.8) is 0 Å². The van der Waals surface area contributed by atoms with Gasteiger partial charge in [0, 0.05) is 16.5 Å². The lowest BCUT2D eigenvalue weighted by Crippen LogP contribution is -2.09. The number of thiophene rings is 1. The van der Waals surface area contributed by atoms with Gasteiger partial charge >= 0.3 is 0 Å². The molecule has 0 atom stereocenters. The highest BCUT2D eigenvalue weighted by Crippen LogP contribution is 2.35. The summed E-state index contributed by atoms with van der Waals surface area (Å²) in [6.07, 6.45) is 0. The van der Waals surface area contributed by atoms with Crippen LogP contribution in [0.25, 0.3) is 21.1 Å². The molecule has 6 heteroatoms. The summed E-state index contributed by atoms with van der Waals surface area (Å²) in [7, 11) is 1.57. The molecule has 0 aliphatic heterocycles. The van der Waals surface area contributed by atoms with Crippen molar-refractivity contribution < 1.29 is 9.53 Å². The number of anilines is 1. The summed E-state index contributed by atoms with van der Waals surface area (Å²) in [5.41, 5.74) is 2.54. The Morgan fingerprint density at radius 2 is 2.00 bits per heavy atom. The molecule has 4 rings (SSSR count). The van der Waals surface area contributed by atoms with Crippen LogP contribution in [0, 0.1) is 6.92 Å². The van der Waals surface area contributed by atoms with Gasteiger partial charge in [-0.25, -0.2) is 4.98 Å². The molecule has 0 fully saturated rings. The molecule has 0 aliphatic rings. The number of pyridine rings is 1. The van der Waals surface area contributed by atoms with Crippen LogP contribution in [0.15, 0.2) is 48.5 Å². The van der Waals surface area contributed by atoms with Gasteiger partial charge in [0.1, 0.15) is 15.6 Å². The Kier molecular flexibility index (Phi) is 4.26. The number of aromatic nitrogens is 1. The summed E-state index contributed by atoms with van der Waals surface area (Å²) in [4.78, 5) is 18.6. The zero-order chi connectivity index (χ0) is 18.3. The van der Waals surface area contributed by atoms with Crippen LogP contribution in [0.1, 0.15) is 15.2 Å². The maximum absolute atomic E-state index is 12.6. The highest BCUT2D eigenvalue weighted by atomic mass is 35.5. The van der Waals surface area contributed by atoms with Gasteiger partial charge in [-0.15, -0.1) is 11.3 Å². The number of nitrogens with one attached hydrogen (secondary N) is 1. The van der Waals surface area contributed by atoms with Crippen LogP contribution in [0.2, 0.25) is 5.02 Å². The molecule has 4 nitrogen and oxygen atoms in total. The first kappa shape index (κ1) is 16.8. The van der Waals surface area contributed by atoms with Crippen molar-refractivity contribution in [3.05, 3.63) is 64.0 Å². The number of hydrogen-bond acceptors (Lipinski definition) is 4. The Morgan fingerprint density at radius 3 is 2.77 bits per heavy atom. The Balaban J connectivity index is 1.73. The number of ether oxygens (including phenoxy) is 1. The second-order valence-corrected chi connectivity index (χ2v) is 7.38. The van der Waals surface area contributed by atoms with Gasteiger partial charge in [-0.3, -0.25) is 4.79 Å². The minimum atomic E-state index is -0.147. The van der Waals surface area contributed by atoms with Gasteiger partial charge in [-0.1, -0.05) is 23.7 Å². The van der Waals surface area contributed by atoms with Crippen molar-refractivity contribution in [1.82, 2.24) is 4.98 Å². The lowest BCUT2D eigenvalue weighted by Gasteiger charge is -2.05. The number of fused-ring (bicyclic) bond motifs is 2. The number of nitrogens with zero attached hydrogens (tertiary/aromatic N) is 1. The Hall–Kier alpha value is -2.63. The Labute approximate surface area is 159 Å². The predicted octanol–water partition coefficient (Wildman–Crippen LogP) is 5.67. The third-order valence-corrected chi connectivity index (χ3v) is 5.50. The van der Waals surface area contributed by atoms with Crippen LogP contribution in [0.4, 0.5) is 5.69 Å². The molecule has 0 bridgehead atoms. The van der Waals surface area contributed by atoms with Gasteiger partial charge in [0.25, 0.3) is 5.91 Å². The topological polar surface area (TPSA) is 51.2 Å². The first-order chi connectivity index (χ1) is 12.5. The van der Waals surface area contributed by atoms with Crippen molar-refractivity contribution in [2.75, 3.05) is 12.4 Å². The first-order valence-corrected chi connectivity index (χ1v) is 9.19. The van der Waals surface area contributed by atoms with E-state index in [1.54, 1.807) is 7.11 Å². The van der Waals surface area contributed by atoms with Crippen LogP contribution in [0.5, 0.6) is 5.75 Å². The number of rotatable bonds is 3. The fourth-order valence-corrected chi connectivity index (χ4v) is 4.03. The smallest absolute Gasteiger partial charge is 0.265 e. The van der Waals surface area contributed by atoms with E-state index >= 15 is 0 Å². The molecule has 0 radical (unpaired) electrons. The summed E-state index contributed by atoms with van der Waals surface area (Å²) in [6, 6.07) is 15.3. The average molecular weight is 383 g/mol. The van der Waals surface area contributed by atoms with Crippen LogP contribution in [0.3, 0.4) is 0 Å². The number of hydrogen-bond donors (Lipinski definition) is 1. The molecular formula is C20H15ClN2O2S. The van der Waals surface area contributed by atoms with E-state index < -0.39 is 0 Å². The second-order valence-electron chi connectivity index (χ2n) is 5.97. The highest BCUT2D eigenvalue weighted by molar-refractivity contribution is 7.20. The summed E-state index contributed by atoms with van der Waals surface area (Å²) >= 11 is 7.71. The molecule has 26 heavy (non-hydrogen) atoms. The predicted molar refractivity (Wildman–Crippen MR) is 108 cm³/mol. The minimum absolute atomic E-state index is 0.147. The zero-order valence-electron chi connectivity index (χ0n) is 14.2. The third kappa shape index (κ3) is 3.00. The Bertz CT molecular complexity index is 1150. The standard InChI is InChI=1S/C20H15ClN2O2S/c1-11-4-3-5-14(8-11)22-19(24)16-10-13-9-12-6-7-15(25-2)17(21)18(12)23-20(13)26-16/h3-10H,1-2H3,(H,22,24). The maximum atomic E-state index is 12.6. The molecular weight excluding hydrogens is 368 g/mol. The van der Waals surface area contributed by atoms with Crippen LogP contribution < -0.4 is 10.1 Å². The number of carbonyl (C=O) groups excluding carboxylic acids is 1. The molecule has 2 aromatic heterocycles. The SMILES string of the molecule is COc1ccc2cc3cc(C(=O)Nc4cccc(C)c4)sc3nc2c1Cl. The summed E-state index contributed by atoms with van der Waals surface area (Å²) in [5.74, 6) is 0.436. The monoisotopic (exact) mass is 382 g/mol.